The normalized spacial score (nSPS) is 29.1. The fourth-order valence-corrected chi connectivity index (χ4v) is 4.52. The van der Waals surface area contributed by atoms with E-state index in [1.165, 1.54) is 25.7 Å². The quantitative estimate of drug-likeness (QED) is 0.940. The fourth-order valence-electron chi connectivity index (χ4n) is 4.52. The summed E-state index contributed by atoms with van der Waals surface area (Å²) in [6.07, 6.45) is 5.28. The molecule has 0 aliphatic heterocycles. The van der Waals surface area contributed by atoms with Crippen molar-refractivity contribution in [1.82, 2.24) is 15.0 Å². The van der Waals surface area contributed by atoms with Gasteiger partial charge in [-0.3, -0.25) is 0 Å². The minimum Gasteiger partial charge on any atom is -0.478 e. The van der Waals surface area contributed by atoms with Crippen molar-refractivity contribution in [2.75, 3.05) is 0 Å². The molecule has 5 nitrogen and oxygen atoms in total. The third-order valence-electron chi connectivity index (χ3n) is 5.52. The molecule has 2 aliphatic carbocycles. The highest BCUT2D eigenvalue weighted by atomic mass is 16.4. The van der Waals surface area contributed by atoms with Gasteiger partial charge >= 0.3 is 5.97 Å². The number of aromatic carboxylic acids is 1. The molecule has 2 bridgehead atoms. The molecule has 0 spiro atoms. The molecule has 2 aliphatic rings. The first kappa shape index (κ1) is 12.8. The van der Waals surface area contributed by atoms with Gasteiger partial charge in [-0.05, 0) is 56.1 Å². The van der Waals surface area contributed by atoms with E-state index in [0.717, 1.165) is 11.8 Å². The van der Waals surface area contributed by atoms with Crippen LogP contribution in [0.15, 0.2) is 18.2 Å². The van der Waals surface area contributed by atoms with E-state index in [4.69, 9.17) is 0 Å². The maximum absolute atomic E-state index is 11.5. The maximum atomic E-state index is 11.5. The van der Waals surface area contributed by atoms with Gasteiger partial charge < -0.3 is 5.11 Å². The molecule has 2 aromatic rings. The molecule has 21 heavy (non-hydrogen) atoms. The first-order valence-electron chi connectivity index (χ1n) is 7.72. The zero-order chi connectivity index (χ0) is 14.6. The number of benzene rings is 1. The summed E-state index contributed by atoms with van der Waals surface area (Å²) < 4.78 is 1.85. The molecular weight excluding hydrogens is 266 g/mol. The summed E-state index contributed by atoms with van der Waals surface area (Å²) in [5, 5.41) is 17.8. The third-order valence-corrected chi connectivity index (χ3v) is 5.52. The number of hydrogen-bond donors (Lipinski definition) is 1. The van der Waals surface area contributed by atoms with E-state index in [0.29, 0.717) is 22.5 Å². The molecule has 1 N–H and O–H groups in total. The van der Waals surface area contributed by atoms with Crippen LogP contribution >= 0.6 is 0 Å². The van der Waals surface area contributed by atoms with E-state index in [1.54, 1.807) is 12.1 Å². The largest absolute Gasteiger partial charge is 0.478 e. The lowest BCUT2D eigenvalue weighted by Gasteiger charge is -2.28. The van der Waals surface area contributed by atoms with Crippen LogP contribution in [0, 0.1) is 17.8 Å². The van der Waals surface area contributed by atoms with Crippen LogP contribution in [0.5, 0.6) is 0 Å². The maximum Gasteiger partial charge on any atom is 0.337 e. The topological polar surface area (TPSA) is 68.0 Å². The number of carboxylic acids is 1. The molecular formula is C16H19N3O2. The van der Waals surface area contributed by atoms with E-state index in [2.05, 4.69) is 17.2 Å². The van der Waals surface area contributed by atoms with Crippen LogP contribution in [-0.4, -0.2) is 26.1 Å². The lowest BCUT2D eigenvalue weighted by atomic mass is 9.84. The van der Waals surface area contributed by atoms with Gasteiger partial charge in [-0.2, -0.15) is 0 Å². The van der Waals surface area contributed by atoms with E-state index in [1.807, 2.05) is 10.7 Å². The Bertz CT molecular complexity index is 709. The van der Waals surface area contributed by atoms with Crippen LogP contribution in [0.1, 0.15) is 49.0 Å². The van der Waals surface area contributed by atoms with Crippen LogP contribution < -0.4 is 0 Å². The molecule has 4 unspecified atom stereocenters. The van der Waals surface area contributed by atoms with Gasteiger partial charge in [0.2, 0.25) is 0 Å². The van der Waals surface area contributed by atoms with Crippen LogP contribution in [0.4, 0.5) is 0 Å². The second-order valence-electron chi connectivity index (χ2n) is 6.59. The summed E-state index contributed by atoms with van der Waals surface area (Å²) in [5.74, 6) is 1.34. The Kier molecular flexibility index (Phi) is 2.77. The smallest absolute Gasteiger partial charge is 0.337 e. The molecule has 1 aromatic heterocycles. The van der Waals surface area contributed by atoms with Crippen LogP contribution in [-0.2, 0) is 0 Å². The van der Waals surface area contributed by atoms with Crippen molar-refractivity contribution < 1.29 is 9.90 Å². The second kappa shape index (κ2) is 4.55. The monoisotopic (exact) mass is 285 g/mol. The van der Waals surface area contributed by atoms with Gasteiger partial charge in [-0.1, -0.05) is 17.7 Å². The predicted molar refractivity (Wildman–Crippen MR) is 78.1 cm³/mol. The number of rotatable bonds is 3. The number of carbonyl (C=O) groups is 1. The van der Waals surface area contributed by atoms with E-state index < -0.39 is 5.97 Å². The molecule has 0 radical (unpaired) electrons. The molecule has 1 aromatic carbocycles. The summed E-state index contributed by atoms with van der Waals surface area (Å²) >= 11 is 0. The number of hydrogen-bond acceptors (Lipinski definition) is 3. The van der Waals surface area contributed by atoms with Gasteiger partial charge in [-0.15, -0.1) is 5.10 Å². The minimum absolute atomic E-state index is 0.214. The highest BCUT2D eigenvalue weighted by Gasteiger charge is 2.43. The van der Waals surface area contributed by atoms with Crippen molar-refractivity contribution in [3.05, 3.63) is 23.8 Å². The molecule has 5 heteroatoms. The summed E-state index contributed by atoms with van der Waals surface area (Å²) in [5.41, 5.74) is 1.64. The number of para-hydroxylation sites is 1. The number of carboxylic acid groups (broad SMARTS) is 1. The van der Waals surface area contributed by atoms with Crippen LogP contribution in [0.2, 0.25) is 0 Å². The summed E-state index contributed by atoms with van der Waals surface area (Å²) in [6.45, 7) is 2.16. The Morgan fingerprint density at radius 3 is 2.90 bits per heavy atom. The number of fused-ring (bicyclic) bond motifs is 3. The van der Waals surface area contributed by atoms with Crippen molar-refractivity contribution in [3.8, 4) is 0 Å². The van der Waals surface area contributed by atoms with Crippen molar-refractivity contribution >= 4 is 17.0 Å². The van der Waals surface area contributed by atoms with Gasteiger partial charge in [0.05, 0.1) is 11.6 Å². The highest BCUT2D eigenvalue weighted by molar-refractivity contribution is 6.00. The summed E-state index contributed by atoms with van der Waals surface area (Å²) in [6, 6.07) is 5.41. The lowest BCUT2D eigenvalue weighted by Crippen LogP contribution is -2.23. The minimum atomic E-state index is -0.913. The Morgan fingerprint density at radius 2 is 2.24 bits per heavy atom. The standard InChI is InChI=1S/C16H19N3O2/c1-9(13-8-10-5-6-11(13)7-10)19-15-12(16(20)21)3-2-4-14(15)17-18-19/h2-4,9-11,13H,5-8H2,1H3,(H,20,21). The second-order valence-corrected chi connectivity index (χ2v) is 6.59. The average Bonchev–Trinajstić information content (AvgIpc) is 3.20. The SMILES string of the molecule is CC(C1CC2CCC1C2)n1nnc2cccc(C(=O)O)c21. The molecule has 4 rings (SSSR count). The Balaban J connectivity index is 1.78. The van der Waals surface area contributed by atoms with Crippen molar-refractivity contribution in [1.29, 1.82) is 0 Å². The molecule has 2 saturated carbocycles. The van der Waals surface area contributed by atoms with Gasteiger partial charge in [0.15, 0.2) is 0 Å². The Morgan fingerprint density at radius 1 is 1.38 bits per heavy atom. The molecule has 0 saturated heterocycles. The molecule has 110 valence electrons. The highest BCUT2D eigenvalue weighted by Crippen LogP contribution is 2.52. The Hall–Kier alpha value is -1.91. The van der Waals surface area contributed by atoms with Crippen LogP contribution in [0.25, 0.3) is 11.0 Å². The number of nitrogens with zero attached hydrogens (tertiary/aromatic N) is 3. The first-order valence-corrected chi connectivity index (χ1v) is 7.72. The summed E-state index contributed by atoms with van der Waals surface area (Å²) in [7, 11) is 0. The number of aromatic nitrogens is 3. The Labute approximate surface area is 123 Å². The van der Waals surface area contributed by atoms with Gasteiger partial charge in [0.1, 0.15) is 11.0 Å². The molecule has 2 fully saturated rings. The van der Waals surface area contributed by atoms with E-state index in [-0.39, 0.29) is 6.04 Å². The molecule has 1 heterocycles. The van der Waals surface area contributed by atoms with Crippen LogP contribution in [0.3, 0.4) is 0 Å². The van der Waals surface area contributed by atoms with Gasteiger partial charge in [-0.25, -0.2) is 9.48 Å². The molecule has 4 atom stereocenters. The third kappa shape index (κ3) is 1.87. The van der Waals surface area contributed by atoms with E-state index in [9.17, 15) is 9.90 Å². The van der Waals surface area contributed by atoms with Gasteiger partial charge in [0, 0.05) is 0 Å². The molecule has 0 amide bonds. The van der Waals surface area contributed by atoms with Crippen molar-refractivity contribution in [2.24, 2.45) is 17.8 Å². The average molecular weight is 285 g/mol. The zero-order valence-electron chi connectivity index (χ0n) is 12.1. The predicted octanol–water partition coefficient (Wildman–Crippen LogP) is 3.13. The first-order chi connectivity index (χ1) is 10.1. The lowest BCUT2D eigenvalue weighted by molar-refractivity contribution is 0.0698. The van der Waals surface area contributed by atoms with Crippen molar-refractivity contribution in [3.63, 3.8) is 0 Å². The fraction of sp³-hybridized carbons (Fsp3) is 0.562. The van der Waals surface area contributed by atoms with Gasteiger partial charge in [0.25, 0.3) is 0 Å². The van der Waals surface area contributed by atoms with Crippen molar-refractivity contribution in [2.45, 2.75) is 38.6 Å². The zero-order valence-corrected chi connectivity index (χ0v) is 12.1. The van der Waals surface area contributed by atoms with E-state index >= 15 is 0 Å². The summed E-state index contributed by atoms with van der Waals surface area (Å²) in [4.78, 5) is 11.5.